The van der Waals surface area contributed by atoms with Crippen molar-refractivity contribution >= 4 is 146 Å². The number of aromatic nitrogens is 4. The van der Waals surface area contributed by atoms with E-state index in [4.69, 9.17) is 28.3 Å². The van der Waals surface area contributed by atoms with Crippen LogP contribution in [0.15, 0.2) is 97.7 Å². The van der Waals surface area contributed by atoms with Gasteiger partial charge in [0.1, 0.15) is 84.6 Å². The highest BCUT2D eigenvalue weighted by atomic mass is 32.2. The summed E-state index contributed by atoms with van der Waals surface area (Å²) in [6.45, 7) is 5.94. The molecule has 138 heavy (non-hydrogen) atoms. The average Bonchev–Trinajstić information content (AvgIpc) is 1.59. The van der Waals surface area contributed by atoms with E-state index in [1.165, 1.54) is 64.9 Å². The molecule has 0 spiro atoms. The van der Waals surface area contributed by atoms with Crippen molar-refractivity contribution < 1.29 is 96.5 Å². The fourth-order valence-electron chi connectivity index (χ4n) is 17.0. The Morgan fingerprint density at radius 2 is 1.08 bits per heavy atom. The SMILES string of the molecule is CCCC[C@H]1C(=O)N(C)[C@@H](CCCC)C(=O)N[C@@H](CCCNC(=N)N)C(=O)N[C@H](C(=O)NCC(N)=O)CSCC(=O)N[C@@H](Cc2ccc(C(N)=O)cc2)C(=O)N(C)[C@@H](C)C(=O)N[C@@H](CC(N)=O)C(=O)N2CCC[C@H]2C(=O)N[C@@H](Cc2cnc[nH]2)C(=O)N[C@@H](CC(C)C)C(=O)N2C[C@H](O)CC2C(=O)N[C@@H](Cc2c[nH]c3ccccc23)C(=O)N[C@@H](CO)C(=O)N[C@@H](Cc2c[nH]c3ccccc23)C(=O)N1C. The molecule has 46 heteroatoms. The predicted molar refractivity (Wildman–Crippen MR) is 507 cm³/mol. The molecule has 25 N–H and O–H groups in total. The molecule has 18 amide bonds. The standard InChI is InChI=1S/C92H129N25O20S/c1-9-11-24-70-84(130)105-61(23-17-31-99-92(96)97)80(126)112-69(79(125)102-43-75(94)121)46-138-47-76(122)104-65(34-51-27-29-52(30-28-51)77(95)123)87(133)113(6)50(5)78(124)108-67(39-74(93)120)89(135)116-32-18-26-71(116)85(131)107-63(37-55-42-98-48-103-55)82(128)109-64(33-49(3)4)90(136)117-44-56(119)38-73(117)86(132)106-62(35-53-40-100-59-21-15-13-19-57(53)59)81(127)111-68(45-118)83(129)110-66(36-54-41-101-60-22-16-14-20-58(54)60)88(134)115(8)72(25-12-10-2)91(137)114(70)7/h13-16,19-22,27-30,40-42,48-50,56,61-73,100-101,118-119H,9-12,17-18,23-26,31-39,43-47H2,1-8H3,(H2,93,120)(H2,94,121)(H2,95,123)(H,98,103)(H,102,125)(H,104,122)(H,105,130)(H,106,132)(H,107,131)(H,108,124)(H,109,128)(H,110,129)(H,111,127)(H,112,126)(H4,96,97,99)/t50-,56+,61-,62-,63-,64-,65-,66-,67-,68-,69-,70-,71-,72-,73?/m0/s1. The third kappa shape index (κ3) is 29.7. The molecule has 3 aromatic carbocycles. The fourth-order valence-corrected chi connectivity index (χ4v) is 17.8. The van der Waals surface area contributed by atoms with Crippen molar-refractivity contribution in [3.05, 3.63) is 126 Å². The molecule has 3 aromatic heterocycles. The first-order valence-corrected chi connectivity index (χ1v) is 47.2. The first kappa shape index (κ1) is 108. The zero-order valence-corrected chi connectivity index (χ0v) is 79.4. The highest BCUT2D eigenvalue weighted by molar-refractivity contribution is 8.00. The fraction of sp³-hybridized carbons (Fsp3) is 0.522. The normalized spacial score (nSPS) is 24.5. The number of hydrogen-bond acceptors (Lipinski definition) is 23. The third-order valence-electron chi connectivity index (χ3n) is 24.6. The summed E-state index contributed by atoms with van der Waals surface area (Å²) < 4.78 is 0. The minimum Gasteiger partial charge on any atom is -0.394 e. The number of amides is 18. The van der Waals surface area contributed by atoms with Crippen molar-refractivity contribution in [1.82, 2.24) is 103 Å². The number of carbonyl (C=O) groups excluding carboxylic acids is 18. The molecular formula is C92H129N25O20S. The summed E-state index contributed by atoms with van der Waals surface area (Å²) in [5.74, 6) is -18.9. The third-order valence-corrected chi connectivity index (χ3v) is 25.7. The average molecular weight is 1940 g/mol. The van der Waals surface area contributed by atoms with Gasteiger partial charge in [-0.05, 0) is 98.7 Å². The number of likely N-dealkylation sites (N-methyl/N-ethyl adjacent to an activating group) is 3. The molecule has 0 radical (unpaired) electrons. The molecule has 748 valence electrons. The van der Waals surface area contributed by atoms with Gasteiger partial charge in [0, 0.05) is 130 Å². The largest absolute Gasteiger partial charge is 0.394 e. The van der Waals surface area contributed by atoms with Gasteiger partial charge < -0.3 is 131 Å². The van der Waals surface area contributed by atoms with Crippen molar-refractivity contribution in [2.45, 2.75) is 234 Å². The van der Waals surface area contributed by atoms with E-state index in [2.05, 4.69) is 78.4 Å². The van der Waals surface area contributed by atoms with E-state index >= 15 is 38.4 Å². The van der Waals surface area contributed by atoms with E-state index in [0.717, 1.165) is 36.3 Å². The summed E-state index contributed by atoms with van der Waals surface area (Å²) in [7, 11) is 3.88. The maximum absolute atomic E-state index is 15.8. The summed E-state index contributed by atoms with van der Waals surface area (Å²) in [6.07, 6.45) is 3.46. The van der Waals surface area contributed by atoms with E-state index in [9.17, 15) is 58.2 Å². The number of rotatable bonds is 27. The van der Waals surface area contributed by atoms with Crippen LogP contribution in [0.3, 0.4) is 0 Å². The Bertz CT molecular complexity index is 5360. The van der Waals surface area contributed by atoms with Crippen LogP contribution in [-0.2, 0) is 107 Å². The second kappa shape index (κ2) is 51.2. The number of guanidine groups is 1. The topological polar surface area (TPSA) is 684 Å². The number of nitrogens with two attached hydrogens (primary N) is 4. The smallest absolute Gasteiger partial charge is 0.248 e. The highest BCUT2D eigenvalue weighted by Gasteiger charge is 2.47. The van der Waals surface area contributed by atoms with E-state index < -0.39 is 247 Å². The van der Waals surface area contributed by atoms with Gasteiger partial charge >= 0.3 is 0 Å². The number of hydrogen-bond donors (Lipinski definition) is 21. The zero-order valence-electron chi connectivity index (χ0n) is 78.6. The molecule has 3 fully saturated rings. The van der Waals surface area contributed by atoms with Crippen LogP contribution in [0, 0.1) is 11.3 Å². The molecule has 9 rings (SSSR count). The molecule has 3 aliphatic rings. The minimum atomic E-state index is -1.90. The number of primary amides is 3. The molecule has 1 unspecified atom stereocenters. The van der Waals surface area contributed by atoms with Crippen molar-refractivity contribution in [2.75, 3.05) is 65.4 Å². The van der Waals surface area contributed by atoms with Crippen molar-refractivity contribution in [3.63, 3.8) is 0 Å². The van der Waals surface area contributed by atoms with Crippen molar-refractivity contribution in [1.29, 1.82) is 5.41 Å². The summed E-state index contributed by atoms with van der Waals surface area (Å²) in [5.41, 5.74) is 25.3. The van der Waals surface area contributed by atoms with Gasteiger partial charge in [-0.2, -0.15) is 0 Å². The number of fused-ring (bicyclic) bond motifs is 4. The lowest BCUT2D eigenvalue weighted by Gasteiger charge is -2.36. The first-order chi connectivity index (χ1) is 65.7. The Morgan fingerprint density at radius 1 is 0.543 bits per heavy atom. The maximum Gasteiger partial charge on any atom is 0.248 e. The summed E-state index contributed by atoms with van der Waals surface area (Å²) in [6, 6.07) is -2.41. The lowest BCUT2D eigenvalue weighted by Crippen LogP contribution is -2.62. The van der Waals surface area contributed by atoms with Gasteiger partial charge in [0.2, 0.25) is 106 Å². The number of imidazole rings is 1. The van der Waals surface area contributed by atoms with E-state index in [-0.39, 0.29) is 95.2 Å². The van der Waals surface area contributed by atoms with Crippen LogP contribution in [-0.4, -0.2) is 323 Å². The zero-order chi connectivity index (χ0) is 101. The molecule has 0 saturated carbocycles. The van der Waals surface area contributed by atoms with Gasteiger partial charge in [-0.15, -0.1) is 11.8 Å². The number of aromatic amines is 3. The number of nitrogens with zero attached hydrogens (tertiary/aromatic N) is 6. The molecule has 3 aliphatic heterocycles. The van der Waals surface area contributed by atoms with Gasteiger partial charge in [0.25, 0.3) is 0 Å². The Balaban J connectivity index is 1.11. The molecule has 6 heterocycles. The maximum atomic E-state index is 15.8. The number of carbonyl (C=O) groups is 18. The lowest BCUT2D eigenvalue weighted by molar-refractivity contribution is -0.149. The van der Waals surface area contributed by atoms with Gasteiger partial charge in [0.15, 0.2) is 5.96 Å². The van der Waals surface area contributed by atoms with Crippen LogP contribution in [0.5, 0.6) is 0 Å². The second-order valence-electron chi connectivity index (χ2n) is 35.4. The Morgan fingerprint density at radius 3 is 1.67 bits per heavy atom. The van der Waals surface area contributed by atoms with Crippen LogP contribution in [0.1, 0.15) is 151 Å². The number of nitrogens with one attached hydrogen (secondary N) is 15. The van der Waals surface area contributed by atoms with Gasteiger partial charge in [-0.3, -0.25) is 91.7 Å². The molecule has 0 aliphatic carbocycles. The van der Waals surface area contributed by atoms with Crippen LogP contribution in [0.4, 0.5) is 0 Å². The number of benzene rings is 3. The molecule has 15 atom stereocenters. The number of para-hydroxylation sites is 2. The van der Waals surface area contributed by atoms with Crippen LogP contribution in [0.2, 0.25) is 0 Å². The van der Waals surface area contributed by atoms with E-state index in [0.29, 0.717) is 69.9 Å². The molecule has 3 saturated heterocycles. The molecular weight excluding hydrogens is 1810 g/mol. The molecule has 45 nitrogen and oxygen atoms in total. The quantitative estimate of drug-likeness (QED) is 0.0135. The summed E-state index contributed by atoms with van der Waals surface area (Å²) in [5, 5.41) is 60.9. The van der Waals surface area contributed by atoms with Crippen molar-refractivity contribution in [3.8, 4) is 0 Å². The minimum absolute atomic E-state index is 0.0188. The monoisotopic (exact) mass is 1940 g/mol. The number of thioether (sulfide) groups is 1. The summed E-state index contributed by atoms with van der Waals surface area (Å²) >= 11 is 0.745. The Hall–Kier alpha value is -14.1. The van der Waals surface area contributed by atoms with E-state index in [1.807, 2.05) is 13.8 Å². The number of aliphatic hydroxyl groups is 2. The number of unbranched alkanes of at least 4 members (excludes halogenated alkanes) is 2. The molecule has 0 bridgehead atoms. The van der Waals surface area contributed by atoms with Gasteiger partial charge in [-0.25, -0.2) is 4.98 Å². The van der Waals surface area contributed by atoms with Crippen molar-refractivity contribution in [2.24, 2.45) is 28.9 Å². The van der Waals surface area contributed by atoms with Crippen LogP contribution < -0.4 is 81.4 Å². The Labute approximate surface area is 801 Å². The number of H-pyrrole nitrogens is 3. The second-order valence-corrected chi connectivity index (χ2v) is 36.4. The molecule has 6 aromatic rings. The summed E-state index contributed by atoms with van der Waals surface area (Å²) in [4.78, 5) is 282. The van der Waals surface area contributed by atoms with Crippen LogP contribution in [0.25, 0.3) is 21.8 Å². The Kier molecular flexibility index (Phi) is 39.9. The highest BCUT2D eigenvalue weighted by Crippen LogP contribution is 2.28. The lowest BCUT2D eigenvalue weighted by atomic mass is 10.00. The van der Waals surface area contributed by atoms with E-state index in [1.54, 1.807) is 74.8 Å². The van der Waals surface area contributed by atoms with Gasteiger partial charge in [0.05, 0.1) is 37.8 Å². The van der Waals surface area contributed by atoms with Gasteiger partial charge in [-0.1, -0.05) is 102 Å². The first-order valence-electron chi connectivity index (χ1n) is 46.1. The predicted octanol–water partition coefficient (Wildman–Crippen LogP) is -3.54. The van der Waals surface area contributed by atoms with Crippen LogP contribution >= 0.6 is 11.8 Å². The number of aliphatic hydroxyl groups excluding tert-OH is 2.